The van der Waals surface area contributed by atoms with Crippen molar-refractivity contribution >= 4 is 11.5 Å². The first-order chi connectivity index (χ1) is 12.8. The smallest absolute Gasteiger partial charge is 0.416 e. The van der Waals surface area contributed by atoms with Gasteiger partial charge in [0.15, 0.2) is 6.61 Å². The van der Waals surface area contributed by atoms with Crippen LogP contribution in [-0.4, -0.2) is 22.1 Å². The van der Waals surface area contributed by atoms with E-state index in [2.05, 4.69) is 0 Å². The highest BCUT2D eigenvalue weighted by atomic mass is 19.4. The van der Waals surface area contributed by atoms with Crippen LogP contribution in [0.1, 0.15) is 29.3 Å². The molecule has 27 heavy (non-hydrogen) atoms. The number of aromatic nitrogens is 1. The number of carboxylic acids is 1. The maximum Gasteiger partial charge on any atom is 0.416 e. The number of rotatable bonds is 6. The summed E-state index contributed by atoms with van der Waals surface area (Å²) in [5, 5.41) is 8.82. The standard InChI is InChI=1S/C20H18F3NO3/c1-2-14-11-17-18(27-12-19(25)26)7-4-8-24(17)16(14)10-13-5-3-6-15(9-13)20(21,22)23/h3-9,11H,2,10,12H2,1H3,(H,25,26). The fourth-order valence-electron chi connectivity index (χ4n) is 3.10. The maximum atomic E-state index is 13.0. The zero-order valence-corrected chi connectivity index (χ0v) is 14.6. The normalized spacial score (nSPS) is 11.7. The van der Waals surface area contributed by atoms with E-state index in [0.29, 0.717) is 29.7 Å². The van der Waals surface area contributed by atoms with E-state index < -0.39 is 24.3 Å². The Hall–Kier alpha value is -2.96. The molecule has 0 radical (unpaired) electrons. The van der Waals surface area contributed by atoms with Crippen LogP contribution in [0.3, 0.4) is 0 Å². The third-order valence-electron chi connectivity index (χ3n) is 4.33. The van der Waals surface area contributed by atoms with E-state index in [-0.39, 0.29) is 0 Å². The first kappa shape index (κ1) is 18.8. The number of ether oxygens (including phenoxy) is 1. The number of carbonyl (C=O) groups is 1. The maximum absolute atomic E-state index is 13.0. The minimum absolute atomic E-state index is 0.323. The van der Waals surface area contributed by atoms with Gasteiger partial charge in [-0.05, 0) is 41.8 Å². The SMILES string of the molecule is CCc1cc2c(OCC(=O)O)cccn2c1Cc1cccc(C(F)(F)F)c1. The molecule has 2 heterocycles. The van der Waals surface area contributed by atoms with Gasteiger partial charge in [-0.25, -0.2) is 4.79 Å². The van der Waals surface area contributed by atoms with Crippen LogP contribution in [0.15, 0.2) is 48.7 Å². The molecule has 0 saturated heterocycles. The molecule has 0 aliphatic rings. The van der Waals surface area contributed by atoms with Gasteiger partial charge in [-0.2, -0.15) is 13.2 Å². The number of pyridine rings is 1. The molecule has 1 aromatic carbocycles. The topological polar surface area (TPSA) is 50.9 Å². The largest absolute Gasteiger partial charge is 0.480 e. The number of aliphatic carboxylic acids is 1. The Kier molecular flexibility index (Phi) is 5.12. The van der Waals surface area contributed by atoms with E-state index in [1.807, 2.05) is 17.4 Å². The first-order valence-corrected chi connectivity index (χ1v) is 8.42. The van der Waals surface area contributed by atoms with Crippen molar-refractivity contribution in [2.75, 3.05) is 6.61 Å². The number of halogens is 3. The molecular formula is C20H18F3NO3. The lowest BCUT2D eigenvalue weighted by Crippen LogP contribution is -2.10. The molecule has 0 bridgehead atoms. The van der Waals surface area contributed by atoms with Crippen LogP contribution in [0.25, 0.3) is 5.52 Å². The van der Waals surface area contributed by atoms with Crippen LogP contribution in [-0.2, 0) is 23.8 Å². The third kappa shape index (κ3) is 4.07. The van der Waals surface area contributed by atoms with Gasteiger partial charge >= 0.3 is 12.1 Å². The molecular weight excluding hydrogens is 359 g/mol. The summed E-state index contributed by atoms with van der Waals surface area (Å²) >= 11 is 0. The van der Waals surface area contributed by atoms with E-state index in [4.69, 9.17) is 9.84 Å². The lowest BCUT2D eigenvalue weighted by atomic mass is 10.0. The molecule has 142 valence electrons. The molecule has 3 rings (SSSR count). The highest BCUT2D eigenvalue weighted by Gasteiger charge is 2.30. The minimum atomic E-state index is -4.39. The molecule has 0 aliphatic carbocycles. The van der Waals surface area contributed by atoms with E-state index in [9.17, 15) is 18.0 Å². The van der Waals surface area contributed by atoms with Crippen LogP contribution < -0.4 is 4.74 Å². The molecule has 0 amide bonds. The van der Waals surface area contributed by atoms with Gasteiger partial charge in [0.05, 0.1) is 11.1 Å². The average Bonchev–Trinajstić information content (AvgIpc) is 2.98. The lowest BCUT2D eigenvalue weighted by Gasteiger charge is -2.11. The zero-order valence-electron chi connectivity index (χ0n) is 14.6. The Balaban J connectivity index is 2.01. The molecule has 0 aliphatic heterocycles. The minimum Gasteiger partial charge on any atom is -0.480 e. The summed E-state index contributed by atoms with van der Waals surface area (Å²) < 4.78 is 46.1. The van der Waals surface area contributed by atoms with Gasteiger partial charge in [-0.3, -0.25) is 0 Å². The Morgan fingerprint density at radius 3 is 2.63 bits per heavy atom. The number of hydrogen-bond donors (Lipinski definition) is 1. The molecule has 7 heteroatoms. The summed E-state index contributed by atoms with van der Waals surface area (Å²) in [6, 6.07) is 10.6. The number of benzene rings is 1. The number of nitrogens with zero attached hydrogens (tertiary/aromatic N) is 1. The number of hydrogen-bond acceptors (Lipinski definition) is 2. The molecule has 0 spiro atoms. The van der Waals surface area contributed by atoms with Gasteiger partial charge in [-0.1, -0.05) is 25.1 Å². The number of fused-ring (bicyclic) bond motifs is 1. The molecule has 0 saturated carbocycles. The summed E-state index contributed by atoms with van der Waals surface area (Å²) in [4.78, 5) is 10.8. The number of aryl methyl sites for hydroxylation is 1. The van der Waals surface area contributed by atoms with Gasteiger partial charge in [0, 0.05) is 18.3 Å². The predicted molar refractivity (Wildman–Crippen MR) is 94.2 cm³/mol. The van der Waals surface area contributed by atoms with Gasteiger partial charge in [0.2, 0.25) is 0 Å². The first-order valence-electron chi connectivity index (χ1n) is 8.42. The molecule has 3 aromatic rings. The van der Waals surface area contributed by atoms with Crippen LogP contribution in [0.4, 0.5) is 13.2 Å². The fourth-order valence-corrected chi connectivity index (χ4v) is 3.10. The number of carboxylic acid groups (broad SMARTS) is 1. The van der Waals surface area contributed by atoms with Gasteiger partial charge in [0.1, 0.15) is 5.75 Å². The summed E-state index contributed by atoms with van der Waals surface area (Å²) in [6.45, 7) is 1.50. The van der Waals surface area contributed by atoms with Gasteiger partial charge < -0.3 is 14.2 Å². The Morgan fingerprint density at radius 2 is 1.96 bits per heavy atom. The van der Waals surface area contributed by atoms with Crippen molar-refractivity contribution in [3.8, 4) is 5.75 Å². The predicted octanol–water partition coefficient (Wildman–Crippen LogP) is 4.57. The Labute approximate surface area is 153 Å². The highest BCUT2D eigenvalue weighted by Crippen LogP contribution is 2.31. The fraction of sp³-hybridized carbons (Fsp3) is 0.250. The van der Waals surface area contributed by atoms with Crippen LogP contribution >= 0.6 is 0 Å². The van der Waals surface area contributed by atoms with E-state index in [1.165, 1.54) is 6.07 Å². The van der Waals surface area contributed by atoms with E-state index >= 15 is 0 Å². The van der Waals surface area contributed by atoms with Crippen molar-refractivity contribution in [3.63, 3.8) is 0 Å². The average molecular weight is 377 g/mol. The second-order valence-corrected chi connectivity index (χ2v) is 6.15. The van der Waals surface area contributed by atoms with E-state index in [1.54, 1.807) is 24.4 Å². The van der Waals surface area contributed by atoms with Crippen molar-refractivity contribution in [2.24, 2.45) is 0 Å². The van der Waals surface area contributed by atoms with Crippen LogP contribution in [0, 0.1) is 0 Å². The third-order valence-corrected chi connectivity index (χ3v) is 4.33. The molecule has 4 nitrogen and oxygen atoms in total. The summed E-state index contributed by atoms with van der Waals surface area (Å²) in [5.74, 6) is -0.659. The monoisotopic (exact) mass is 377 g/mol. The summed E-state index contributed by atoms with van der Waals surface area (Å²) in [6.07, 6.45) is -1.58. The van der Waals surface area contributed by atoms with Crippen molar-refractivity contribution in [2.45, 2.75) is 25.9 Å². The molecule has 2 aromatic heterocycles. The quantitative estimate of drug-likeness (QED) is 0.684. The van der Waals surface area contributed by atoms with Crippen molar-refractivity contribution in [1.29, 1.82) is 0 Å². The Bertz CT molecular complexity index is 976. The second kappa shape index (κ2) is 7.34. The second-order valence-electron chi connectivity index (χ2n) is 6.15. The molecule has 1 N–H and O–H groups in total. The zero-order chi connectivity index (χ0) is 19.6. The van der Waals surface area contributed by atoms with Crippen molar-refractivity contribution < 1.29 is 27.8 Å². The Morgan fingerprint density at radius 1 is 1.19 bits per heavy atom. The van der Waals surface area contributed by atoms with Crippen molar-refractivity contribution in [3.05, 3.63) is 71.0 Å². The van der Waals surface area contributed by atoms with Gasteiger partial charge in [-0.15, -0.1) is 0 Å². The van der Waals surface area contributed by atoms with Crippen LogP contribution in [0.5, 0.6) is 5.75 Å². The summed E-state index contributed by atoms with van der Waals surface area (Å²) in [7, 11) is 0. The van der Waals surface area contributed by atoms with Crippen LogP contribution in [0.2, 0.25) is 0 Å². The number of alkyl halides is 3. The summed E-state index contributed by atoms with van der Waals surface area (Å²) in [5.41, 5.74) is 2.39. The highest BCUT2D eigenvalue weighted by molar-refractivity contribution is 5.70. The molecule has 0 unspecified atom stereocenters. The van der Waals surface area contributed by atoms with E-state index in [0.717, 1.165) is 23.4 Å². The van der Waals surface area contributed by atoms with Crippen molar-refractivity contribution in [1.82, 2.24) is 4.40 Å². The molecule has 0 fully saturated rings. The molecule has 0 atom stereocenters. The van der Waals surface area contributed by atoms with Gasteiger partial charge in [0.25, 0.3) is 0 Å². The lowest BCUT2D eigenvalue weighted by molar-refractivity contribution is -0.139.